The lowest BCUT2D eigenvalue weighted by Crippen LogP contribution is -2.19. The molecule has 5 nitrogen and oxygen atoms in total. The quantitative estimate of drug-likeness (QED) is 0.795. The summed E-state index contributed by atoms with van der Waals surface area (Å²) in [5.41, 5.74) is 4.82. The average molecular weight is 375 g/mol. The minimum absolute atomic E-state index is 0.189. The van der Waals surface area contributed by atoms with E-state index in [0.29, 0.717) is 11.1 Å². The van der Waals surface area contributed by atoms with Crippen LogP contribution >= 0.6 is 0 Å². The van der Waals surface area contributed by atoms with E-state index in [1.54, 1.807) is 45.0 Å². The molecule has 0 aliphatic heterocycles. The van der Waals surface area contributed by atoms with Gasteiger partial charge in [-0.3, -0.25) is 4.72 Å². The Morgan fingerprint density at radius 1 is 0.923 bits per heavy atom. The first kappa shape index (κ1) is 20.0. The largest absolute Gasteiger partial charge is 0.462 e. The van der Waals surface area contributed by atoms with Crippen LogP contribution in [-0.2, 0) is 14.8 Å². The SMILES string of the molecule is CCOC(=O)c1ccccc1NS(=O)(=O)c1c(C)c(C)c(C)c(C)c1C. The second-order valence-corrected chi connectivity index (χ2v) is 7.94. The van der Waals surface area contributed by atoms with Gasteiger partial charge in [0.1, 0.15) is 0 Å². The van der Waals surface area contributed by atoms with Gasteiger partial charge in [-0.15, -0.1) is 0 Å². The number of esters is 1. The van der Waals surface area contributed by atoms with E-state index < -0.39 is 16.0 Å². The first-order chi connectivity index (χ1) is 12.1. The number of benzene rings is 2. The van der Waals surface area contributed by atoms with E-state index in [9.17, 15) is 13.2 Å². The molecule has 0 aromatic heterocycles. The fourth-order valence-electron chi connectivity index (χ4n) is 3.02. The van der Waals surface area contributed by atoms with Gasteiger partial charge in [-0.05, 0) is 81.5 Å². The second kappa shape index (κ2) is 7.50. The molecule has 2 rings (SSSR count). The highest BCUT2D eigenvalue weighted by Gasteiger charge is 2.25. The van der Waals surface area contributed by atoms with Crippen LogP contribution in [0.1, 0.15) is 45.1 Å². The summed E-state index contributed by atoms with van der Waals surface area (Å²) in [5.74, 6) is -0.560. The van der Waals surface area contributed by atoms with Gasteiger partial charge in [0, 0.05) is 0 Å². The summed E-state index contributed by atoms with van der Waals surface area (Å²) in [4.78, 5) is 12.4. The number of para-hydroxylation sites is 1. The molecule has 0 atom stereocenters. The zero-order chi connectivity index (χ0) is 19.6. The molecule has 0 radical (unpaired) electrons. The molecular weight excluding hydrogens is 350 g/mol. The number of ether oxygens (including phenoxy) is 1. The molecule has 0 amide bonds. The van der Waals surface area contributed by atoms with Crippen molar-refractivity contribution in [2.45, 2.75) is 46.4 Å². The number of carbonyl (C=O) groups excluding carboxylic acids is 1. The fraction of sp³-hybridized carbons (Fsp3) is 0.350. The Bertz CT molecular complexity index is 933. The molecule has 2 aromatic rings. The van der Waals surface area contributed by atoms with Crippen LogP contribution in [0.2, 0.25) is 0 Å². The lowest BCUT2D eigenvalue weighted by atomic mass is 9.95. The molecule has 1 N–H and O–H groups in total. The van der Waals surface area contributed by atoms with Crippen LogP contribution in [0, 0.1) is 34.6 Å². The highest BCUT2D eigenvalue weighted by Crippen LogP contribution is 2.31. The predicted molar refractivity (Wildman–Crippen MR) is 103 cm³/mol. The summed E-state index contributed by atoms with van der Waals surface area (Å²) in [6.45, 7) is 11.4. The Morgan fingerprint density at radius 3 is 1.96 bits per heavy atom. The first-order valence-electron chi connectivity index (χ1n) is 8.47. The summed E-state index contributed by atoms with van der Waals surface area (Å²) in [7, 11) is -3.87. The van der Waals surface area contributed by atoms with E-state index in [-0.39, 0.29) is 22.8 Å². The lowest BCUT2D eigenvalue weighted by molar-refractivity contribution is 0.0527. The van der Waals surface area contributed by atoms with Crippen molar-refractivity contribution in [3.05, 3.63) is 57.6 Å². The van der Waals surface area contributed by atoms with Crippen molar-refractivity contribution >= 4 is 21.7 Å². The molecule has 2 aromatic carbocycles. The summed E-state index contributed by atoms with van der Waals surface area (Å²) in [6.07, 6.45) is 0. The van der Waals surface area contributed by atoms with Gasteiger partial charge in [0.2, 0.25) is 0 Å². The Hall–Kier alpha value is -2.34. The number of sulfonamides is 1. The lowest BCUT2D eigenvalue weighted by Gasteiger charge is -2.20. The van der Waals surface area contributed by atoms with Crippen molar-refractivity contribution in [2.75, 3.05) is 11.3 Å². The Balaban J connectivity index is 2.58. The number of nitrogens with one attached hydrogen (secondary N) is 1. The van der Waals surface area contributed by atoms with Gasteiger partial charge in [-0.2, -0.15) is 0 Å². The predicted octanol–water partition coefficient (Wildman–Crippen LogP) is 4.21. The minimum atomic E-state index is -3.87. The van der Waals surface area contributed by atoms with Crippen LogP contribution in [0.4, 0.5) is 5.69 Å². The number of rotatable bonds is 5. The van der Waals surface area contributed by atoms with Crippen molar-refractivity contribution in [1.29, 1.82) is 0 Å². The Kier molecular flexibility index (Phi) is 5.76. The highest BCUT2D eigenvalue weighted by molar-refractivity contribution is 7.92. The van der Waals surface area contributed by atoms with Crippen molar-refractivity contribution in [1.82, 2.24) is 0 Å². The smallest absolute Gasteiger partial charge is 0.340 e. The van der Waals surface area contributed by atoms with Crippen molar-refractivity contribution in [2.24, 2.45) is 0 Å². The van der Waals surface area contributed by atoms with Crippen molar-refractivity contribution in [3.8, 4) is 0 Å². The van der Waals surface area contributed by atoms with Crippen molar-refractivity contribution < 1.29 is 17.9 Å². The summed E-state index contributed by atoms with van der Waals surface area (Å²) >= 11 is 0. The number of anilines is 1. The van der Waals surface area contributed by atoms with Gasteiger partial charge in [0.15, 0.2) is 0 Å². The molecule has 140 valence electrons. The monoisotopic (exact) mass is 375 g/mol. The van der Waals surface area contributed by atoms with E-state index in [4.69, 9.17) is 4.74 Å². The van der Waals surface area contributed by atoms with Crippen LogP contribution in [-0.4, -0.2) is 21.0 Å². The van der Waals surface area contributed by atoms with E-state index in [2.05, 4.69) is 4.72 Å². The standard InChI is InChI=1S/C20H25NO4S/c1-7-25-20(22)17-10-8-9-11-18(17)21-26(23,24)19-15(5)13(3)12(2)14(4)16(19)6/h8-11,21H,7H2,1-6H3. The molecule has 0 spiro atoms. The third-order valence-corrected chi connectivity index (χ3v) is 6.51. The molecule has 26 heavy (non-hydrogen) atoms. The van der Waals surface area contributed by atoms with Gasteiger partial charge in [0.05, 0.1) is 22.8 Å². The van der Waals surface area contributed by atoms with E-state index >= 15 is 0 Å². The molecule has 6 heteroatoms. The summed E-state index contributed by atoms with van der Waals surface area (Å²) < 4.78 is 33.8. The molecule has 0 fully saturated rings. The van der Waals surface area contributed by atoms with Crippen LogP contribution in [0.15, 0.2) is 29.2 Å². The first-order valence-corrected chi connectivity index (χ1v) is 9.96. The van der Waals surface area contributed by atoms with Gasteiger partial charge in [-0.25, -0.2) is 13.2 Å². The molecule has 0 bridgehead atoms. The van der Waals surface area contributed by atoms with E-state index in [0.717, 1.165) is 16.7 Å². The van der Waals surface area contributed by atoms with Crippen molar-refractivity contribution in [3.63, 3.8) is 0 Å². The van der Waals surface area contributed by atoms with Gasteiger partial charge < -0.3 is 4.74 Å². The molecule has 0 unspecified atom stereocenters. The Labute approximate surface area is 155 Å². The molecule has 0 saturated heterocycles. The molecule has 0 heterocycles. The fourth-order valence-corrected chi connectivity index (χ4v) is 4.71. The van der Waals surface area contributed by atoms with E-state index in [1.165, 1.54) is 0 Å². The van der Waals surface area contributed by atoms with Crippen LogP contribution < -0.4 is 4.72 Å². The number of hydrogen-bond donors (Lipinski definition) is 1. The highest BCUT2D eigenvalue weighted by atomic mass is 32.2. The second-order valence-electron chi connectivity index (χ2n) is 6.33. The maximum Gasteiger partial charge on any atom is 0.340 e. The topological polar surface area (TPSA) is 72.5 Å². The summed E-state index contributed by atoms with van der Waals surface area (Å²) in [6, 6.07) is 6.44. The molecular formula is C20H25NO4S. The minimum Gasteiger partial charge on any atom is -0.462 e. The normalized spacial score (nSPS) is 11.3. The molecule has 0 aliphatic rings. The maximum atomic E-state index is 13.1. The zero-order valence-corrected chi connectivity index (χ0v) is 16.9. The Morgan fingerprint density at radius 2 is 1.42 bits per heavy atom. The zero-order valence-electron chi connectivity index (χ0n) is 16.1. The van der Waals surface area contributed by atoms with Gasteiger partial charge in [0.25, 0.3) is 10.0 Å². The third-order valence-electron chi connectivity index (χ3n) is 4.87. The maximum absolute atomic E-state index is 13.1. The summed E-state index contributed by atoms with van der Waals surface area (Å²) in [5, 5.41) is 0. The molecule has 0 saturated carbocycles. The number of carbonyl (C=O) groups is 1. The van der Waals surface area contributed by atoms with Gasteiger partial charge in [-0.1, -0.05) is 12.1 Å². The third kappa shape index (κ3) is 3.60. The average Bonchev–Trinajstić information content (AvgIpc) is 2.58. The van der Waals surface area contributed by atoms with Crippen LogP contribution in [0.5, 0.6) is 0 Å². The molecule has 0 aliphatic carbocycles. The van der Waals surface area contributed by atoms with Gasteiger partial charge >= 0.3 is 5.97 Å². The number of hydrogen-bond acceptors (Lipinski definition) is 4. The van der Waals surface area contributed by atoms with E-state index in [1.807, 2.05) is 20.8 Å². The van der Waals surface area contributed by atoms with Crippen LogP contribution in [0.3, 0.4) is 0 Å². The van der Waals surface area contributed by atoms with Crippen LogP contribution in [0.25, 0.3) is 0 Å².